The number of ketones is 1. The topological polar surface area (TPSA) is 50.2 Å². The van der Waals surface area contributed by atoms with Crippen molar-refractivity contribution in [2.24, 2.45) is 10.8 Å². The molecule has 1 N–H and O–H groups in total. The Morgan fingerprint density at radius 3 is 2.00 bits per heavy atom. The van der Waals surface area contributed by atoms with Gasteiger partial charge in [-0.05, 0) is 28.7 Å². The maximum absolute atomic E-state index is 11.5. The number of aryl methyl sites for hydroxylation is 1. The summed E-state index contributed by atoms with van der Waals surface area (Å²) >= 11 is 0. The van der Waals surface area contributed by atoms with Crippen molar-refractivity contribution in [1.29, 1.82) is 0 Å². The van der Waals surface area contributed by atoms with E-state index < -0.39 is 5.41 Å². The smallest absolute Gasteiger partial charge is 0.164 e. The fourth-order valence-electron chi connectivity index (χ4n) is 3.66. The first kappa shape index (κ1) is 33.7. The zero-order valence-corrected chi connectivity index (χ0v) is 27.7. The summed E-state index contributed by atoms with van der Waals surface area (Å²) in [5.74, 6) is 0.566. The molecule has 0 amide bonds. The van der Waals surface area contributed by atoms with Gasteiger partial charge in [-0.25, -0.2) is 0 Å². The summed E-state index contributed by atoms with van der Waals surface area (Å²) in [7, 11) is 0. The van der Waals surface area contributed by atoms with Crippen LogP contribution >= 0.6 is 0 Å². The molecule has 1 aromatic heterocycles. The summed E-state index contributed by atoms with van der Waals surface area (Å²) in [6, 6.07) is 18.6. The number of aromatic nitrogens is 1. The summed E-state index contributed by atoms with van der Waals surface area (Å²) in [4.78, 5) is 16.4. The van der Waals surface area contributed by atoms with Crippen LogP contribution in [-0.2, 0) is 30.3 Å². The molecule has 0 unspecified atom stereocenters. The second-order valence-electron chi connectivity index (χ2n) is 13.4. The van der Waals surface area contributed by atoms with E-state index in [4.69, 9.17) is 4.98 Å². The predicted octanol–water partition coefficient (Wildman–Crippen LogP) is 9.52. The molecule has 0 bridgehead atoms. The van der Waals surface area contributed by atoms with E-state index >= 15 is 0 Å². The first-order valence-electron chi connectivity index (χ1n) is 13.2. The average Bonchev–Trinajstić information content (AvgIpc) is 2.76. The van der Waals surface area contributed by atoms with Crippen LogP contribution in [0, 0.1) is 23.8 Å². The molecule has 0 saturated carbocycles. The summed E-state index contributed by atoms with van der Waals surface area (Å²) in [5.41, 5.74) is 6.37. The van der Waals surface area contributed by atoms with Gasteiger partial charge in [0.2, 0.25) is 0 Å². The van der Waals surface area contributed by atoms with Crippen LogP contribution in [0.15, 0.2) is 54.3 Å². The van der Waals surface area contributed by atoms with Crippen LogP contribution in [0.1, 0.15) is 98.8 Å². The molecule has 3 rings (SSSR count). The molecule has 38 heavy (non-hydrogen) atoms. The predicted molar refractivity (Wildman–Crippen MR) is 158 cm³/mol. The Kier molecular flexibility index (Phi) is 11.3. The number of hydrogen-bond donors (Lipinski definition) is 1. The molecule has 0 spiro atoms. The number of fused-ring (bicyclic) bond motifs is 1. The van der Waals surface area contributed by atoms with Gasteiger partial charge in [-0.2, -0.15) is 0 Å². The van der Waals surface area contributed by atoms with Crippen LogP contribution in [-0.4, -0.2) is 15.9 Å². The summed E-state index contributed by atoms with van der Waals surface area (Å²) in [6.45, 7) is 24.5. The van der Waals surface area contributed by atoms with Gasteiger partial charge in [0.1, 0.15) is 5.76 Å². The van der Waals surface area contributed by atoms with Crippen molar-refractivity contribution in [3.05, 3.63) is 77.1 Å². The van der Waals surface area contributed by atoms with E-state index in [-0.39, 0.29) is 42.5 Å². The number of hydrogen-bond acceptors (Lipinski definition) is 3. The van der Waals surface area contributed by atoms with Gasteiger partial charge in [0, 0.05) is 42.4 Å². The fourth-order valence-corrected chi connectivity index (χ4v) is 3.66. The fraction of sp³-hybridized carbons (Fsp3) is 0.471. The van der Waals surface area contributed by atoms with Crippen molar-refractivity contribution < 1.29 is 30.0 Å². The minimum Gasteiger partial charge on any atom is -0.512 e. The van der Waals surface area contributed by atoms with E-state index in [0.29, 0.717) is 5.92 Å². The Morgan fingerprint density at radius 1 is 0.921 bits per heavy atom. The van der Waals surface area contributed by atoms with Crippen LogP contribution in [0.25, 0.3) is 22.2 Å². The number of rotatable bonds is 3. The maximum Gasteiger partial charge on any atom is 0.164 e. The maximum atomic E-state index is 11.5. The van der Waals surface area contributed by atoms with Crippen LogP contribution < -0.4 is 0 Å². The van der Waals surface area contributed by atoms with Gasteiger partial charge in [-0.1, -0.05) is 107 Å². The van der Waals surface area contributed by atoms with E-state index in [1.165, 1.54) is 28.2 Å². The Morgan fingerprint density at radius 2 is 1.50 bits per heavy atom. The van der Waals surface area contributed by atoms with Crippen molar-refractivity contribution >= 4 is 16.7 Å². The Labute approximate surface area is 244 Å². The number of carbonyl (C=O) groups is 1. The molecule has 0 aliphatic heterocycles. The largest absolute Gasteiger partial charge is 0.512 e. The normalized spacial score (nSPS) is 12.6. The van der Waals surface area contributed by atoms with Crippen molar-refractivity contribution in [3.63, 3.8) is 0 Å². The molecular weight excluding hydrogens is 647 g/mol. The molecule has 0 saturated heterocycles. The number of aliphatic hydroxyl groups excluding tert-OH is 1. The Balaban J connectivity index is 0.000000444. The van der Waals surface area contributed by atoms with Gasteiger partial charge in [0.25, 0.3) is 0 Å². The minimum absolute atomic E-state index is 0. The van der Waals surface area contributed by atoms with E-state index in [1.54, 1.807) is 0 Å². The second-order valence-corrected chi connectivity index (χ2v) is 13.4. The molecule has 1 radical (unpaired) electrons. The van der Waals surface area contributed by atoms with E-state index in [1.807, 2.05) is 41.5 Å². The van der Waals surface area contributed by atoms with Gasteiger partial charge >= 0.3 is 0 Å². The summed E-state index contributed by atoms with van der Waals surface area (Å²) in [5, 5.41) is 10.8. The SMILES string of the molecule is CC(C)(C)C(=O)/C=C(\O)C(C)(C)C.Cc1[c-]c(-c2cc(C(C)C)c3ccccc3n2)cc(C(C)(C)C)c1.[Ir]. The average molecular weight is 693 g/mol. The van der Waals surface area contributed by atoms with E-state index in [0.717, 1.165) is 16.8 Å². The Hall–Kier alpha value is -2.29. The molecule has 209 valence electrons. The molecule has 0 fully saturated rings. The molecule has 0 aliphatic rings. The quantitative estimate of drug-likeness (QED) is 0.169. The molecule has 2 aromatic carbocycles. The number of aliphatic hydroxyl groups is 1. The van der Waals surface area contributed by atoms with Gasteiger partial charge in [-0.15, -0.1) is 34.9 Å². The number of para-hydroxylation sites is 1. The molecule has 0 atom stereocenters. The zero-order chi connectivity index (χ0) is 28.3. The molecule has 3 nitrogen and oxygen atoms in total. The van der Waals surface area contributed by atoms with E-state index in [2.05, 4.69) is 90.1 Å². The third-order valence-corrected chi connectivity index (χ3v) is 6.29. The van der Waals surface area contributed by atoms with E-state index in [9.17, 15) is 9.90 Å². The third-order valence-electron chi connectivity index (χ3n) is 6.29. The van der Waals surface area contributed by atoms with Gasteiger partial charge in [-0.3, -0.25) is 9.78 Å². The van der Waals surface area contributed by atoms with Crippen molar-refractivity contribution in [1.82, 2.24) is 4.98 Å². The Bertz CT molecular complexity index is 1280. The third kappa shape index (κ3) is 9.17. The van der Waals surface area contributed by atoms with Gasteiger partial charge in [0.05, 0.1) is 5.52 Å². The monoisotopic (exact) mass is 693 g/mol. The second kappa shape index (κ2) is 12.7. The number of benzene rings is 2. The van der Waals surface area contributed by atoms with Crippen molar-refractivity contribution in [2.75, 3.05) is 0 Å². The standard InChI is InChI=1S/C23H26N.C11H20O2.Ir/c1-15(2)20-14-22(24-21-10-8-7-9-19(20)21)17-11-16(3)12-18(13-17)23(4,5)6;1-10(2,3)8(12)7-9(13)11(4,5)6;/h7-10,12-15H,1-6H3;7,12H,1-6H3;/q-1;;/b;8-7-;. The molecular formula is C34H46IrNO2-. The molecule has 1 heterocycles. The van der Waals surface area contributed by atoms with Crippen LogP contribution in [0.5, 0.6) is 0 Å². The van der Waals surface area contributed by atoms with Crippen LogP contribution in [0.4, 0.5) is 0 Å². The summed E-state index contributed by atoms with van der Waals surface area (Å²) in [6.07, 6.45) is 1.33. The minimum atomic E-state index is -0.417. The number of nitrogens with zero attached hydrogens (tertiary/aromatic N) is 1. The first-order valence-corrected chi connectivity index (χ1v) is 13.2. The molecule has 3 aromatic rings. The van der Waals surface area contributed by atoms with Crippen molar-refractivity contribution in [2.45, 2.75) is 94.4 Å². The zero-order valence-electron chi connectivity index (χ0n) is 25.3. The summed E-state index contributed by atoms with van der Waals surface area (Å²) < 4.78 is 0. The van der Waals surface area contributed by atoms with Gasteiger partial charge < -0.3 is 5.11 Å². The number of pyridine rings is 1. The first-order chi connectivity index (χ1) is 16.8. The van der Waals surface area contributed by atoms with Crippen molar-refractivity contribution in [3.8, 4) is 11.3 Å². The van der Waals surface area contributed by atoms with Gasteiger partial charge in [0.15, 0.2) is 5.78 Å². The van der Waals surface area contributed by atoms with Crippen LogP contribution in [0.2, 0.25) is 0 Å². The van der Waals surface area contributed by atoms with Crippen LogP contribution in [0.3, 0.4) is 0 Å². The molecule has 4 heteroatoms. The number of carbonyl (C=O) groups excluding carboxylic acids is 1. The number of allylic oxidation sites excluding steroid dienone is 2. The molecule has 0 aliphatic carbocycles.